The molecule has 13 heteroatoms. The number of hydrogen-bond donors (Lipinski definition) is 1. The number of imidazole rings is 1. The number of carbonyl (C=O) groups excluding carboxylic acids is 3. The molecule has 0 bridgehead atoms. The molecular weight excluding hydrogens is 410 g/mol. The molecule has 1 aliphatic rings. The van der Waals surface area contributed by atoms with E-state index in [0.717, 1.165) is 0 Å². The lowest BCUT2D eigenvalue weighted by Crippen LogP contribution is -2.40. The molecule has 0 unspecified atom stereocenters. The van der Waals surface area contributed by atoms with E-state index in [-0.39, 0.29) is 28.9 Å². The summed E-state index contributed by atoms with van der Waals surface area (Å²) >= 11 is 5.89. The van der Waals surface area contributed by atoms with Crippen molar-refractivity contribution >= 4 is 46.5 Å². The molecule has 2 aromatic heterocycles. The number of aromatic nitrogens is 4. The minimum Gasteiger partial charge on any atom is -0.463 e. The SMILES string of the molecule is CC(=O)OC[C@H]1O[C@H](n2cnc3c(N)nc(Cl)nc32)[C@H](OC(C)=O)[C@@H]1OC(C)=O. The molecule has 0 saturated carbocycles. The van der Waals surface area contributed by atoms with Crippen molar-refractivity contribution < 1.29 is 33.3 Å². The molecule has 0 aromatic carbocycles. The predicted octanol–water partition coefficient (Wildman–Crippen LogP) is 0.386. The van der Waals surface area contributed by atoms with Gasteiger partial charge >= 0.3 is 17.9 Å². The molecule has 0 aliphatic carbocycles. The molecule has 3 rings (SSSR count). The van der Waals surface area contributed by atoms with Gasteiger partial charge in [-0.1, -0.05) is 0 Å². The highest BCUT2D eigenvalue weighted by Crippen LogP contribution is 2.36. The van der Waals surface area contributed by atoms with E-state index < -0.39 is 42.4 Å². The molecule has 0 amide bonds. The van der Waals surface area contributed by atoms with E-state index in [9.17, 15) is 14.4 Å². The Morgan fingerprint density at radius 3 is 2.41 bits per heavy atom. The van der Waals surface area contributed by atoms with Gasteiger partial charge in [0.15, 0.2) is 29.9 Å². The summed E-state index contributed by atoms with van der Waals surface area (Å²) in [6.45, 7) is 3.39. The first-order valence-corrected chi connectivity index (χ1v) is 8.84. The Balaban J connectivity index is 2.04. The summed E-state index contributed by atoms with van der Waals surface area (Å²) in [5.74, 6) is -1.77. The van der Waals surface area contributed by atoms with Crippen LogP contribution >= 0.6 is 11.6 Å². The summed E-state index contributed by atoms with van der Waals surface area (Å²) in [5, 5.41) is -0.119. The van der Waals surface area contributed by atoms with Crippen molar-refractivity contribution in [2.75, 3.05) is 12.3 Å². The third kappa shape index (κ3) is 4.38. The molecule has 1 saturated heterocycles. The molecule has 1 fully saturated rings. The second-order valence-corrected chi connectivity index (χ2v) is 6.56. The van der Waals surface area contributed by atoms with Crippen LogP contribution in [0.1, 0.15) is 27.0 Å². The fourth-order valence-electron chi connectivity index (χ4n) is 3.01. The molecule has 2 N–H and O–H groups in total. The fourth-order valence-corrected chi connectivity index (χ4v) is 3.18. The molecule has 156 valence electrons. The number of nitrogens with zero attached hydrogens (tertiary/aromatic N) is 4. The molecule has 12 nitrogen and oxygen atoms in total. The van der Waals surface area contributed by atoms with Crippen molar-refractivity contribution in [2.45, 2.75) is 45.3 Å². The maximum atomic E-state index is 11.7. The summed E-state index contributed by atoms with van der Waals surface area (Å²) in [6.07, 6.45) is -2.70. The van der Waals surface area contributed by atoms with Crippen LogP contribution in [0.4, 0.5) is 5.82 Å². The Bertz CT molecular complexity index is 965. The minimum absolute atomic E-state index is 0.0498. The van der Waals surface area contributed by atoms with E-state index in [1.165, 1.54) is 31.7 Å². The van der Waals surface area contributed by atoms with Gasteiger partial charge in [-0.15, -0.1) is 0 Å². The first-order valence-electron chi connectivity index (χ1n) is 8.46. The lowest BCUT2D eigenvalue weighted by molar-refractivity contribution is -0.166. The lowest BCUT2D eigenvalue weighted by atomic mass is 10.1. The molecule has 4 atom stereocenters. The summed E-state index contributed by atoms with van der Waals surface area (Å²) in [5.41, 5.74) is 6.30. The largest absolute Gasteiger partial charge is 0.463 e. The van der Waals surface area contributed by atoms with Gasteiger partial charge in [-0.3, -0.25) is 19.0 Å². The number of nitrogens with two attached hydrogens (primary N) is 1. The molecule has 2 aromatic rings. The van der Waals surface area contributed by atoms with Crippen molar-refractivity contribution in [3.05, 3.63) is 11.6 Å². The number of halogens is 1. The molecule has 0 spiro atoms. The van der Waals surface area contributed by atoms with Crippen LogP contribution in [0.5, 0.6) is 0 Å². The van der Waals surface area contributed by atoms with Crippen LogP contribution in [0.15, 0.2) is 6.33 Å². The summed E-state index contributed by atoms with van der Waals surface area (Å²) in [7, 11) is 0. The van der Waals surface area contributed by atoms with E-state index in [1.54, 1.807) is 0 Å². The van der Waals surface area contributed by atoms with Gasteiger partial charge in [-0.25, -0.2) is 4.98 Å². The zero-order valence-corrected chi connectivity index (χ0v) is 16.5. The van der Waals surface area contributed by atoms with E-state index in [1.807, 2.05) is 0 Å². The van der Waals surface area contributed by atoms with Crippen LogP contribution in [0.25, 0.3) is 11.2 Å². The van der Waals surface area contributed by atoms with Gasteiger partial charge in [0, 0.05) is 20.8 Å². The first-order chi connectivity index (χ1) is 13.7. The highest BCUT2D eigenvalue weighted by Gasteiger charge is 2.51. The Hall–Kier alpha value is -2.99. The first kappa shape index (κ1) is 20.7. The number of hydrogen-bond acceptors (Lipinski definition) is 11. The van der Waals surface area contributed by atoms with Crippen molar-refractivity contribution in [2.24, 2.45) is 0 Å². The number of ether oxygens (including phenoxy) is 4. The normalized spacial score (nSPS) is 23.7. The maximum Gasteiger partial charge on any atom is 0.303 e. The van der Waals surface area contributed by atoms with Crippen LogP contribution in [-0.2, 0) is 33.3 Å². The van der Waals surface area contributed by atoms with Crippen LogP contribution in [0.3, 0.4) is 0 Å². The maximum absolute atomic E-state index is 11.7. The minimum atomic E-state index is -1.08. The number of rotatable bonds is 5. The van der Waals surface area contributed by atoms with Gasteiger partial charge in [0.25, 0.3) is 0 Å². The van der Waals surface area contributed by atoms with Gasteiger partial charge < -0.3 is 24.7 Å². The second-order valence-electron chi connectivity index (χ2n) is 6.22. The van der Waals surface area contributed by atoms with Gasteiger partial charge in [0.1, 0.15) is 18.2 Å². The number of nitrogen functional groups attached to an aromatic ring is 1. The van der Waals surface area contributed by atoms with Gasteiger partial charge in [-0.05, 0) is 11.6 Å². The van der Waals surface area contributed by atoms with E-state index in [2.05, 4.69) is 15.0 Å². The average molecular weight is 428 g/mol. The number of anilines is 1. The van der Waals surface area contributed by atoms with E-state index in [0.29, 0.717) is 0 Å². The van der Waals surface area contributed by atoms with Crippen LogP contribution in [0, 0.1) is 0 Å². The fraction of sp³-hybridized carbons (Fsp3) is 0.500. The van der Waals surface area contributed by atoms with Crippen LogP contribution in [-0.4, -0.2) is 62.3 Å². The highest BCUT2D eigenvalue weighted by molar-refractivity contribution is 6.28. The predicted molar refractivity (Wildman–Crippen MR) is 96.4 cm³/mol. The number of carbonyl (C=O) groups is 3. The molecule has 1 aliphatic heterocycles. The smallest absolute Gasteiger partial charge is 0.303 e. The third-order valence-electron chi connectivity index (χ3n) is 4.04. The van der Waals surface area contributed by atoms with Crippen molar-refractivity contribution in [3.63, 3.8) is 0 Å². The Morgan fingerprint density at radius 2 is 1.79 bits per heavy atom. The zero-order valence-electron chi connectivity index (χ0n) is 15.7. The standard InChI is InChI=1S/C16H18ClN5O7/c1-6(23)26-4-9-11(27-7(2)24)12(28-8(3)25)15(29-9)22-5-19-10-13(18)20-16(17)21-14(10)22/h5,9,11-12,15H,4H2,1-3H3,(H2,18,20,21)/t9-,11-,12-,15+/m1/s1. The number of esters is 3. The number of fused-ring (bicyclic) bond motifs is 1. The van der Waals surface area contributed by atoms with Gasteiger partial charge in [0.05, 0.1) is 6.33 Å². The second kappa shape index (κ2) is 8.17. The van der Waals surface area contributed by atoms with E-state index >= 15 is 0 Å². The topological polar surface area (TPSA) is 158 Å². The Morgan fingerprint density at radius 1 is 1.14 bits per heavy atom. The monoisotopic (exact) mass is 427 g/mol. The van der Waals surface area contributed by atoms with Crippen molar-refractivity contribution in [1.29, 1.82) is 0 Å². The Labute approximate surface area is 169 Å². The molecule has 0 radical (unpaired) electrons. The summed E-state index contributed by atoms with van der Waals surface area (Å²) in [4.78, 5) is 46.6. The zero-order chi connectivity index (χ0) is 21.3. The van der Waals surface area contributed by atoms with Crippen LogP contribution in [0.2, 0.25) is 5.28 Å². The third-order valence-corrected chi connectivity index (χ3v) is 4.20. The lowest BCUT2D eigenvalue weighted by Gasteiger charge is -2.23. The highest BCUT2D eigenvalue weighted by atomic mass is 35.5. The van der Waals surface area contributed by atoms with Gasteiger partial charge in [0.2, 0.25) is 5.28 Å². The van der Waals surface area contributed by atoms with Crippen LogP contribution < -0.4 is 5.73 Å². The Kier molecular flexibility index (Phi) is 5.84. The summed E-state index contributed by atoms with van der Waals surface area (Å²) in [6, 6.07) is 0. The molecule has 3 heterocycles. The van der Waals surface area contributed by atoms with E-state index in [4.69, 9.17) is 36.3 Å². The summed E-state index contributed by atoms with van der Waals surface area (Å²) < 4.78 is 23.0. The van der Waals surface area contributed by atoms with Crippen molar-refractivity contribution in [3.8, 4) is 0 Å². The quantitative estimate of drug-likeness (QED) is 0.399. The molecular formula is C16H18ClN5O7. The molecule has 29 heavy (non-hydrogen) atoms. The van der Waals surface area contributed by atoms with Crippen molar-refractivity contribution in [1.82, 2.24) is 19.5 Å². The average Bonchev–Trinajstić information content (AvgIpc) is 3.15. The van der Waals surface area contributed by atoms with Gasteiger partial charge in [-0.2, -0.15) is 9.97 Å².